The largest absolute Gasteiger partial charge is 0.492 e. The number of likely N-dealkylation sites (tertiary alicyclic amines) is 1. The Balaban J connectivity index is 1.26. The molecule has 1 saturated heterocycles. The first-order valence-corrected chi connectivity index (χ1v) is 14.3. The first-order valence-electron chi connectivity index (χ1n) is 13.9. The van der Waals surface area contributed by atoms with Crippen LogP contribution in [-0.2, 0) is 10.2 Å². The van der Waals surface area contributed by atoms with Crippen LogP contribution in [0, 0.1) is 11.3 Å². The Morgan fingerprint density at radius 3 is 2.72 bits per heavy atom. The molecule has 1 aliphatic carbocycles. The Bertz CT molecular complexity index is 1290. The molecule has 1 amide bonds. The molecule has 3 aliphatic rings. The number of benzene rings is 2. The molecule has 7 nitrogen and oxygen atoms in total. The number of piperidine rings is 1. The molecule has 5 rings (SSSR count). The van der Waals surface area contributed by atoms with Crippen molar-refractivity contribution in [2.75, 3.05) is 36.5 Å². The lowest BCUT2D eigenvalue weighted by Crippen LogP contribution is -2.47. The first-order chi connectivity index (χ1) is 18.8. The molecule has 2 aliphatic heterocycles. The third-order valence-corrected chi connectivity index (χ3v) is 9.11. The zero-order valence-corrected chi connectivity index (χ0v) is 23.5. The SMILES string of the molecule is C=CN(c1c(C#N)cc(OCCN2CCC3(CC2)C(=O)Nc2ccc(Cl)cc23)cc1C(C)CC)C1CC(O)C1. The molecule has 0 radical (unpaired) electrons. The molecule has 0 aromatic heterocycles. The molecular weight excluding hydrogens is 512 g/mol. The van der Waals surface area contributed by atoms with Gasteiger partial charge in [-0.2, -0.15) is 5.26 Å². The van der Waals surface area contributed by atoms with E-state index in [1.54, 1.807) is 6.20 Å². The summed E-state index contributed by atoms with van der Waals surface area (Å²) >= 11 is 6.25. The number of aliphatic hydroxyl groups is 1. The van der Waals surface area contributed by atoms with E-state index >= 15 is 0 Å². The molecule has 206 valence electrons. The lowest BCUT2D eigenvalue weighted by Gasteiger charge is -2.41. The normalized spacial score (nSPS) is 22.4. The zero-order valence-electron chi connectivity index (χ0n) is 22.8. The van der Waals surface area contributed by atoms with Crippen LogP contribution >= 0.6 is 11.6 Å². The topological polar surface area (TPSA) is 88.8 Å². The van der Waals surface area contributed by atoms with Crippen LogP contribution in [0.2, 0.25) is 5.02 Å². The Kier molecular flexibility index (Phi) is 7.91. The standard InChI is InChI=1S/C31H37ClN4O3/c1-4-20(3)26-18-25(14-21(19-33)29(26)36(5-2)23-16-24(37)17-23)39-13-12-35-10-8-31(9-11-35)27-15-22(32)6-7-28(27)34-30(31)38/h5-7,14-15,18,20,23-24,37H,2,4,8-13,16-17H2,1,3H3,(H,34,38). The van der Waals surface area contributed by atoms with Gasteiger partial charge in [0, 0.05) is 29.4 Å². The zero-order chi connectivity index (χ0) is 27.7. The number of carbonyl (C=O) groups is 1. The molecule has 2 N–H and O–H groups in total. The number of fused-ring (bicyclic) bond motifs is 2. The van der Waals surface area contributed by atoms with Crippen LogP contribution in [0.3, 0.4) is 0 Å². The van der Waals surface area contributed by atoms with Gasteiger partial charge in [-0.05, 0) is 92.7 Å². The molecule has 0 bridgehead atoms. The highest BCUT2D eigenvalue weighted by atomic mass is 35.5. The van der Waals surface area contributed by atoms with Crippen LogP contribution in [0.1, 0.15) is 68.6 Å². The lowest BCUT2D eigenvalue weighted by molar-refractivity contribution is -0.122. The molecular formula is C31H37ClN4O3. The highest BCUT2D eigenvalue weighted by Gasteiger charge is 2.48. The minimum absolute atomic E-state index is 0.0716. The quantitative estimate of drug-likeness (QED) is 0.426. The van der Waals surface area contributed by atoms with Gasteiger partial charge in [0.15, 0.2) is 0 Å². The van der Waals surface area contributed by atoms with Crippen molar-refractivity contribution in [2.24, 2.45) is 0 Å². The van der Waals surface area contributed by atoms with Crippen LogP contribution in [0.5, 0.6) is 5.75 Å². The highest BCUT2D eigenvalue weighted by molar-refractivity contribution is 6.31. The van der Waals surface area contributed by atoms with E-state index in [1.807, 2.05) is 24.3 Å². The van der Waals surface area contributed by atoms with Gasteiger partial charge in [0.25, 0.3) is 0 Å². The molecule has 1 saturated carbocycles. The average Bonchev–Trinajstić information content (AvgIpc) is 3.18. The fraction of sp³-hybridized carbons (Fsp3) is 0.484. The van der Waals surface area contributed by atoms with E-state index in [1.165, 1.54) is 0 Å². The number of hydrogen-bond donors (Lipinski definition) is 2. The van der Waals surface area contributed by atoms with Crippen LogP contribution in [-0.4, -0.2) is 54.3 Å². The second-order valence-corrected chi connectivity index (χ2v) is 11.6. The lowest BCUT2D eigenvalue weighted by atomic mass is 9.73. The van der Waals surface area contributed by atoms with Gasteiger partial charge >= 0.3 is 0 Å². The molecule has 1 unspecified atom stereocenters. The summed E-state index contributed by atoms with van der Waals surface area (Å²) < 4.78 is 6.21. The number of hydrogen-bond acceptors (Lipinski definition) is 6. The van der Waals surface area contributed by atoms with Gasteiger partial charge in [0.1, 0.15) is 18.4 Å². The summed E-state index contributed by atoms with van der Waals surface area (Å²) in [5.74, 6) is 0.994. The van der Waals surface area contributed by atoms with Crippen molar-refractivity contribution in [3.05, 3.63) is 64.8 Å². The number of rotatable bonds is 9. The maximum Gasteiger partial charge on any atom is 0.235 e. The average molecular weight is 549 g/mol. The number of nitrogens with zero attached hydrogens (tertiary/aromatic N) is 3. The molecule has 1 spiro atoms. The Morgan fingerprint density at radius 2 is 2.08 bits per heavy atom. The van der Waals surface area contributed by atoms with E-state index in [-0.39, 0.29) is 24.0 Å². The Labute approximate surface area is 236 Å². The number of carbonyl (C=O) groups excluding carboxylic acids is 1. The molecule has 2 fully saturated rings. The summed E-state index contributed by atoms with van der Waals surface area (Å²) in [7, 11) is 0. The summed E-state index contributed by atoms with van der Waals surface area (Å²) in [6, 6.07) is 12.0. The van der Waals surface area contributed by atoms with Gasteiger partial charge < -0.3 is 20.1 Å². The summed E-state index contributed by atoms with van der Waals surface area (Å²) in [5, 5.41) is 23.6. The predicted octanol–water partition coefficient (Wildman–Crippen LogP) is 5.56. The van der Waals surface area contributed by atoms with Crippen LogP contribution in [0.4, 0.5) is 11.4 Å². The first kappa shape index (κ1) is 27.5. The van der Waals surface area contributed by atoms with Crippen molar-refractivity contribution in [1.29, 1.82) is 5.26 Å². The van der Waals surface area contributed by atoms with E-state index in [2.05, 4.69) is 47.7 Å². The fourth-order valence-corrected chi connectivity index (χ4v) is 6.40. The maximum absolute atomic E-state index is 12.9. The van der Waals surface area contributed by atoms with E-state index < -0.39 is 5.41 Å². The van der Waals surface area contributed by atoms with Crippen molar-refractivity contribution >= 4 is 28.9 Å². The highest BCUT2D eigenvalue weighted by Crippen LogP contribution is 2.46. The molecule has 2 heterocycles. The minimum atomic E-state index is -0.506. The van der Waals surface area contributed by atoms with Crippen molar-refractivity contribution in [3.63, 3.8) is 0 Å². The van der Waals surface area contributed by atoms with E-state index in [0.29, 0.717) is 35.8 Å². The van der Waals surface area contributed by atoms with Gasteiger partial charge in [0.2, 0.25) is 5.91 Å². The third-order valence-electron chi connectivity index (χ3n) is 8.88. The number of amides is 1. The molecule has 8 heteroatoms. The van der Waals surface area contributed by atoms with E-state index in [4.69, 9.17) is 16.3 Å². The van der Waals surface area contributed by atoms with Gasteiger partial charge in [-0.25, -0.2) is 0 Å². The van der Waals surface area contributed by atoms with E-state index in [0.717, 1.165) is 61.4 Å². The van der Waals surface area contributed by atoms with E-state index in [9.17, 15) is 15.2 Å². The van der Waals surface area contributed by atoms with Crippen LogP contribution in [0.25, 0.3) is 0 Å². The Morgan fingerprint density at radius 1 is 1.33 bits per heavy atom. The number of ether oxygens (including phenoxy) is 1. The number of halogens is 1. The molecule has 2 aromatic carbocycles. The summed E-state index contributed by atoms with van der Waals surface area (Å²) in [4.78, 5) is 17.3. The molecule has 2 aromatic rings. The van der Waals surface area contributed by atoms with Crippen molar-refractivity contribution < 1.29 is 14.6 Å². The van der Waals surface area contributed by atoms with Crippen molar-refractivity contribution in [1.82, 2.24) is 4.90 Å². The van der Waals surface area contributed by atoms with Gasteiger partial charge in [0.05, 0.1) is 22.8 Å². The fourth-order valence-electron chi connectivity index (χ4n) is 6.22. The number of anilines is 2. The molecule has 39 heavy (non-hydrogen) atoms. The summed E-state index contributed by atoms with van der Waals surface area (Å²) in [6.07, 6.45) is 5.24. The van der Waals surface area contributed by atoms with Gasteiger partial charge in [-0.15, -0.1) is 0 Å². The van der Waals surface area contributed by atoms with Crippen molar-refractivity contribution in [2.45, 2.75) is 69.4 Å². The van der Waals surface area contributed by atoms with Crippen LogP contribution < -0.4 is 15.0 Å². The molecule has 1 atom stereocenters. The summed E-state index contributed by atoms with van der Waals surface area (Å²) in [6.45, 7) is 11.1. The number of nitriles is 1. The third kappa shape index (κ3) is 5.14. The van der Waals surface area contributed by atoms with Gasteiger partial charge in [-0.1, -0.05) is 32.0 Å². The predicted molar refractivity (Wildman–Crippen MR) is 154 cm³/mol. The van der Waals surface area contributed by atoms with Crippen LogP contribution in [0.15, 0.2) is 43.1 Å². The number of aliphatic hydroxyl groups excluding tert-OH is 1. The minimum Gasteiger partial charge on any atom is -0.492 e. The second-order valence-electron chi connectivity index (χ2n) is 11.1. The number of nitrogens with one attached hydrogen (secondary N) is 1. The maximum atomic E-state index is 12.9. The Hall–Kier alpha value is -3.05. The monoisotopic (exact) mass is 548 g/mol. The smallest absolute Gasteiger partial charge is 0.235 e. The summed E-state index contributed by atoms with van der Waals surface area (Å²) in [5.41, 5.74) is 3.89. The van der Waals surface area contributed by atoms with Crippen molar-refractivity contribution in [3.8, 4) is 11.8 Å². The van der Waals surface area contributed by atoms with Gasteiger partial charge in [-0.3, -0.25) is 9.69 Å². The second kappa shape index (κ2) is 11.2.